The zero-order valence-electron chi connectivity index (χ0n) is 13.6. The van der Waals surface area contributed by atoms with Gasteiger partial charge in [-0.1, -0.05) is 69.9 Å². The number of carbonyl (C=O) groups excluding carboxylic acids is 1. The third-order valence-corrected chi connectivity index (χ3v) is 4.43. The van der Waals surface area contributed by atoms with Crippen molar-refractivity contribution >= 4 is 5.97 Å². The molecule has 0 aliphatic heterocycles. The van der Waals surface area contributed by atoms with E-state index in [0.717, 1.165) is 24.8 Å². The number of hydrogen-bond donors (Lipinski definition) is 1. The van der Waals surface area contributed by atoms with Gasteiger partial charge in [0.25, 0.3) is 0 Å². The molecule has 0 amide bonds. The average Bonchev–Trinajstić information content (AvgIpc) is 2.55. The summed E-state index contributed by atoms with van der Waals surface area (Å²) < 4.78 is 5.09. The fourth-order valence-corrected chi connectivity index (χ4v) is 2.99. The van der Waals surface area contributed by atoms with E-state index in [9.17, 15) is 4.79 Å². The lowest BCUT2D eigenvalue weighted by molar-refractivity contribution is -0.148. The second-order valence-corrected chi connectivity index (χ2v) is 5.76. The van der Waals surface area contributed by atoms with E-state index < -0.39 is 5.41 Å². The molecule has 0 saturated carbocycles. The molecule has 118 valence electrons. The van der Waals surface area contributed by atoms with E-state index in [1.807, 2.05) is 30.3 Å². The molecule has 2 N–H and O–H groups in total. The highest BCUT2D eigenvalue weighted by atomic mass is 16.5. The van der Waals surface area contributed by atoms with Gasteiger partial charge in [0.2, 0.25) is 0 Å². The van der Waals surface area contributed by atoms with Gasteiger partial charge < -0.3 is 10.5 Å². The fraction of sp³-hybridized carbons (Fsp3) is 0.611. The highest BCUT2D eigenvalue weighted by molar-refractivity contribution is 5.83. The molecule has 2 unspecified atom stereocenters. The topological polar surface area (TPSA) is 52.3 Å². The molecule has 0 radical (unpaired) electrons. The maximum absolute atomic E-state index is 12.5. The van der Waals surface area contributed by atoms with E-state index in [0.29, 0.717) is 5.92 Å². The Bertz CT molecular complexity index is 418. The SMILES string of the molecule is CCCCC(CC)CC(CN)(C(=O)OC)c1ccccc1. The van der Waals surface area contributed by atoms with Gasteiger partial charge in [-0.05, 0) is 17.9 Å². The van der Waals surface area contributed by atoms with Crippen LogP contribution in [0.2, 0.25) is 0 Å². The molecular weight excluding hydrogens is 262 g/mol. The van der Waals surface area contributed by atoms with Crippen LogP contribution in [0.3, 0.4) is 0 Å². The van der Waals surface area contributed by atoms with Gasteiger partial charge >= 0.3 is 5.97 Å². The van der Waals surface area contributed by atoms with Crippen molar-refractivity contribution in [3.05, 3.63) is 35.9 Å². The molecule has 2 atom stereocenters. The normalized spacial score (nSPS) is 15.2. The van der Waals surface area contributed by atoms with E-state index in [4.69, 9.17) is 10.5 Å². The number of unbranched alkanes of at least 4 members (excludes halogenated alkanes) is 1. The van der Waals surface area contributed by atoms with Gasteiger partial charge in [-0.3, -0.25) is 4.79 Å². The Morgan fingerprint density at radius 1 is 1.29 bits per heavy atom. The maximum atomic E-state index is 12.5. The Balaban J connectivity index is 3.09. The number of nitrogens with two attached hydrogens (primary N) is 1. The number of ether oxygens (including phenoxy) is 1. The second kappa shape index (κ2) is 8.83. The van der Waals surface area contributed by atoms with Crippen molar-refractivity contribution in [2.45, 2.75) is 51.4 Å². The Kier molecular flexibility index (Phi) is 7.44. The summed E-state index contributed by atoms with van der Waals surface area (Å²) in [5.74, 6) is 0.277. The summed E-state index contributed by atoms with van der Waals surface area (Å²) in [4.78, 5) is 12.5. The molecule has 3 heteroatoms. The minimum Gasteiger partial charge on any atom is -0.468 e. The summed E-state index contributed by atoms with van der Waals surface area (Å²) in [5.41, 5.74) is 6.30. The van der Waals surface area contributed by atoms with E-state index in [-0.39, 0.29) is 12.5 Å². The van der Waals surface area contributed by atoms with Crippen molar-refractivity contribution < 1.29 is 9.53 Å². The molecule has 0 saturated heterocycles. The van der Waals surface area contributed by atoms with Crippen LogP contribution in [0.5, 0.6) is 0 Å². The van der Waals surface area contributed by atoms with Crippen LogP contribution in [0.25, 0.3) is 0 Å². The summed E-state index contributed by atoms with van der Waals surface area (Å²) in [6.07, 6.45) is 5.33. The van der Waals surface area contributed by atoms with Crippen molar-refractivity contribution in [1.82, 2.24) is 0 Å². The molecule has 0 aliphatic rings. The third kappa shape index (κ3) is 4.31. The summed E-state index contributed by atoms with van der Waals surface area (Å²) in [7, 11) is 1.45. The number of benzene rings is 1. The third-order valence-electron chi connectivity index (χ3n) is 4.43. The molecule has 0 aromatic heterocycles. The lowest BCUT2D eigenvalue weighted by atomic mass is 9.72. The molecule has 0 aliphatic carbocycles. The minimum absolute atomic E-state index is 0.217. The number of rotatable bonds is 9. The van der Waals surface area contributed by atoms with Gasteiger partial charge in [0.15, 0.2) is 0 Å². The van der Waals surface area contributed by atoms with Gasteiger partial charge in [0, 0.05) is 6.54 Å². The quantitative estimate of drug-likeness (QED) is 0.706. The van der Waals surface area contributed by atoms with Gasteiger partial charge in [0.1, 0.15) is 5.41 Å². The molecule has 0 bridgehead atoms. The molecule has 1 aromatic carbocycles. The lowest BCUT2D eigenvalue weighted by Crippen LogP contribution is -2.45. The number of esters is 1. The smallest absolute Gasteiger partial charge is 0.317 e. The van der Waals surface area contributed by atoms with Crippen molar-refractivity contribution in [3.8, 4) is 0 Å². The van der Waals surface area contributed by atoms with Crippen LogP contribution in [-0.2, 0) is 14.9 Å². The first kappa shape index (κ1) is 17.7. The zero-order valence-corrected chi connectivity index (χ0v) is 13.6. The highest BCUT2D eigenvalue weighted by Crippen LogP contribution is 2.35. The largest absolute Gasteiger partial charge is 0.468 e. The molecule has 3 nitrogen and oxygen atoms in total. The van der Waals surface area contributed by atoms with Gasteiger partial charge in [-0.25, -0.2) is 0 Å². The van der Waals surface area contributed by atoms with Crippen molar-refractivity contribution in [1.29, 1.82) is 0 Å². The summed E-state index contributed by atoms with van der Waals surface area (Å²) in [6, 6.07) is 9.83. The van der Waals surface area contributed by atoms with Crippen LogP contribution in [0.1, 0.15) is 51.5 Å². The predicted octanol–water partition coefficient (Wildman–Crippen LogP) is 3.66. The molecule has 0 heterocycles. The monoisotopic (exact) mass is 291 g/mol. The lowest BCUT2D eigenvalue weighted by Gasteiger charge is -2.33. The standard InChI is InChI=1S/C18H29NO2/c1-4-6-10-15(5-2)13-18(14-19,17(20)21-3)16-11-8-7-9-12-16/h7-9,11-12,15H,4-6,10,13-14,19H2,1-3H3. The molecule has 0 fully saturated rings. The first-order chi connectivity index (χ1) is 10.1. The Morgan fingerprint density at radius 3 is 2.43 bits per heavy atom. The van der Waals surface area contributed by atoms with E-state index >= 15 is 0 Å². The molecular formula is C18H29NO2. The van der Waals surface area contributed by atoms with Crippen molar-refractivity contribution in [2.75, 3.05) is 13.7 Å². The molecule has 1 rings (SSSR count). The number of hydrogen-bond acceptors (Lipinski definition) is 3. The summed E-state index contributed by atoms with van der Waals surface area (Å²) >= 11 is 0. The summed E-state index contributed by atoms with van der Waals surface area (Å²) in [5, 5.41) is 0. The Morgan fingerprint density at radius 2 is 1.95 bits per heavy atom. The molecule has 0 spiro atoms. The molecule has 1 aromatic rings. The Hall–Kier alpha value is -1.35. The van der Waals surface area contributed by atoms with Gasteiger partial charge in [0.05, 0.1) is 7.11 Å². The van der Waals surface area contributed by atoms with Gasteiger partial charge in [-0.2, -0.15) is 0 Å². The van der Waals surface area contributed by atoms with Crippen LogP contribution < -0.4 is 5.73 Å². The molecule has 21 heavy (non-hydrogen) atoms. The van der Waals surface area contributed by atoms with E-state index in [1.165, 1.54) is 20.0 Å². The Labute approximate surface area is 128 Å². The second-order valence-electron chi connectivity index (χ2n) is 5.76. The van der Waals surface area contributed by atoms with Gasteiger partial charge in [-0.15, -0.1) is 0 Å². The van der Waals surface area contributed by atoms with Crippen LogP contribution in [0, 0.1) is 5.92 Å². The van der Waals surface area contributed by atoms with Crippen LogP contribution in [-0.4, -0.2) is 19.6 Å². The highest BCUT2D eigenvalue weighted by Gasteiger charge is 2.41. The van der Waals surface area contributed by atoms with E-state index in [1.54, 1.807) is 0 Å². The maximum Gasteiger partial charge on any atom is 0.317 e. The average molecular weight is 291 g/mol. The number of methoxy groups -OCH3 is 1. The minimum atomic E-state index is -0.718. The van der Waals surface area contributed by atoms with Crippen molar-refractivity contribution in [2.24, 2.45) is 11.7 Å². The zero-order chi connectivity index (χ0) is 15.7. The summed E-state index contributed by atoms with van der Waals surface area (Å²) in [6.45, 7) is 4.66. The van der Waals surface area contributed by atoms with Crippen LogP contribution in [0.4, 0.5) is 0 Å². The number of carbonyl (C=O) groups is 1. The van der Waals surface area contributed by atoms with E-state index in [2.05, 4.69) is 13.8 Å². The first-order valence-corrected chi connectivity index (χ1v) is 7.98. The van der Waals surface area contributed by atoms with Crippen LogP contribution in [0.15, 0.2) is 30.3 Å². The van der Waals surface area contributed by atoms with Crippen LogP contribution >= 0.6 is 0 Å². The first-order valence-electron chi connectivity index (χ1n) is 7.98. The predicted molar refractivity (Wildman–Crippen MR) is 87.1 cm³/mol. The van der Waals surface area contributed by atoms with Crippen molar-refractivity contribution in [3.63, 3.8) is 0 Å². The fourth-order valence-electron chi connectivity index (χ4n) is 2.99.